The summed E-state index contributed by atoms with van der Waals surface area (Å²) < 4.78 is 0. The molecule has 0 saturated heterocycles. The highest BCUT2D eigenvalue weighted by atomic mass is 15.1. The first-order chi connectivity index (χ1) is 9.04. The molecule has 0 aliphatic carbocycles. The van der Waals surface area contributed by atoms with Crippen molar-refractivity contribution in [2.75, 3.05) is 26.4 Å². The number of likely N-dealkylation sites (N-methyl/N-ethyl adjacent to an activating group) is 1. The maximum absolute atomic E-state index is 5.76. The van der Waals surface area contributed by atoms with Gasteiger partial charge in [0.1, 0.15) is 0 Å². The summed E-state index contributed by atoms with van der Waals surface area (Å²) in [6, 6.07) is 6.33. The van der Waals surface area contributed by atoms with Gasteiger partial charge in [0.2, 0.25) is 0 Å². The molecule has 2 N–H and O–H groups in total. The third kappa shape index (κ3) is 5.26. The Bertz CT molecular complexity index is 447. The van der Waals surface area contributed by atoms with Gasteiger partial charge in [-0.3, -0.25) is 9.89 Å². The van der Waals surface area contributed by atoms with Crippen molar-refractivity contribution in [3.05, 3.63) is 41.5 Å². The molecule has 0 aromatic heterocycles. The first-order valence-electron chi connectivity index (χ1n) is 6.72. The second-order valence-electron chi connectivity index (χ2n) is 4.92. The number of allylic oxidation sites excluding steroid dienone is 1. The summed E-state index contributed by atoms with van der Waals surface area (Å²) in [7, 11) is 4.12. The van der Waals surface area contributed by atoms with Crippen LogP contribution in [0.5, 0.6) is 0 Å². The van der Waals surface area contributed by atoms with Crippen LogP contribution in [0.2, 0.25) is 0 Å². The Balaban J connectivity index is 2.67. The summed E-state index contributed by atoms with van der Waals surface area (Å²) >= 11 is 0. The zero-order valence-corrected chi connectivity index (χ0v) is 12.4. The fraction of sp³-hybridized carbons (Fsp3) is 0.438. The van der Waals surface area contributed by atoms with Gasteiger partial charge in [0, 0.05) is 18.4 Å². The van der Waals surface area contributed by atoms with Crippen LogP contribution in [0.15, 0.2) is 35.3 Å². The van der Waals surface area contributed by atoms with Crippen molar-refractivity contribution in [2.24, 2.45) is 4.99 Å². The van der Waals surface area contributed by atoms with Crippen LogP contribution >= 0.6 is 0 Å². The Kier molecular flexibility index (Phi) is 6.30. The molecular weight excluding hydrogens is 234 g/mol. The predicted octanol–water partition coefficient (Wildman–Crippen LogP) is 2.70. The lowest BCUT2D eigenvalue weighted by atomic mass is 10.0. The lowest BCUT2D eigenvalue weighted by molar-refractivity contribution is 0.412. The van der Waals surface area contributed by atoms with Crippen LogP contribution in [0.1, 0.15) is 18.1 Å². The van der Waals surface area contributed by atoms with E-state index < -0.39 is 0 Å². The van der Waals surface area contributed by atoms with E-state index in [1.165, 1.54) is 11.1 Å². The molecule has 0 radical (unpaired) electrons. The predicted molar refractivity (Wildman–Crippen MR) is 84.9 cm³/mol. The molecule has 0 bridgehead atoms. The lowest BCUT2D eigenvalue weighted by Gasteiger charge is -2.16. The molecule has 1 rings (SSSR count). The van der Waals surface area contributed by atoms with Gasteiger partial charge in [-0.1, -0.05) is 18.2 Å². The van der Waals surface area contributed by atoms with Crippen molar-refractivity contribution in [3.8, 4) is 0 Å². The van der Waals surface area contributed by atoms with Gasteiger partial charge < -0.3 is 5.73 Å². The molecule has 0 saturated carbocycles. The van der Waals surface area contributed by atoms with E-state index in [1.807, 2.05) is 25.3 Å². The summed E-state index contributed by atoms with van der Waals surface area (Å²) in [6.07, 6.45) is 7.31. The zero-order chi connectivity index (χ0) is 14.3. The number of benzene rings is 1. The van der Waals surface area contributed by atoms with Crippen molar-refractivity contribution in [1.29, 1.82) is 0 Å². The Morgan fingerprint density at radius 2 is 2.11 bits per heavy atom. The highest BCUT2D eigenvalue weighted by Crippen LogP contribution is 2.13. The molecule has 0 fully saturated rings. The summed E-state index contributed by atoms with van der Waals surface area (Å²) in [5, 5.41) is 0. The molecule has 0 aliphatic heterocycles. The SMILES string of the molecule is CCN=CC(/C=C/Cc1ccc(N)cc1C)N(C)C. The number of nitrogens with two attached hydrogens (primary N) is 1. The molecule has 3 nitrogen and oxygen atoms in total. The largest absolute Gasteiger partial charge is 0.399 e. The first-order valence-corrected chi connectivity index (χ1v) is 6.72. The Hall–Kier alpha value is -1.61. The number of rotatable bonds is 6. The Labute approximate surface area is 116 Å². The Morgan fingerprint density at radius 3 is 2.68 bits per heavy atom. The van der Waals surface area contributed by atoms with Gasteiger partial charge in [0.25, 0.3) is 0 Å². The quantitative estimate of drug-likeness (QED) is 0.485. The average molecular weight is 259 g/mol. The average Bonchev–Trinajstić information content (AvgIpc) is 2.35. The number of aryl methyl sites for hydroxylation is 1. The fourth-order valence-electron chi connectivity index (χ4n) is 1.85. The molecule has 104 valence electrons. The van der Waals surface area contributed by atoms with Crippen LogP contribution in [0.4, 0.5) is 5.69 Å². The highest BCUT2D eigenvalue weighted by molar-refractivity contribution is 5.67. The first kappa shape index (κ1) is 15.4. The standard InChI is InChI=1S/C16H25N3/c1-5-18-12-16(19(3)4)8-6-7-14-9-10-15(17)11-13(14)2/h6,8-12,16H,5,7,17H2,1-4H3/b8-6+,18-12?. The zero-order valence-electron chi connectivity index (χ0n) is 12.4. The smallest absolute Gasteiger partial charge is 0.0626 e. The van der Waals surface area contributed by atoms with E-state index in [1.54, 1.807) is 0 Å². The van der Waals surface area contributed by atoms with Crippen molar-refractivity contribution < 1.29 is 0 Å². The van der Waals surface area contributed by atoms with Crippen LogP contribution in [0.3, 0.4) is 0 Å². The minimum atomic E-state index is 0.258. The summed E-state index contributed by atoms with van der Waals surface area (Å²) in [5.41, 5.74) is 9.14. The van der Waals surface area contributed by atoms with E-state index in [4.69, 9.17) is 5.73 Å². The van der Waals surface area contributed by atoms with Gasteiger partial charge in [-0.05, 0) is 57.6 Å². The number of nitrogen functional groups attached to an aromatic ring is 1. The number of nitrogens with zero attached hydrogens (tertiary/aromatic N) is 2. The molecule has 19 heavy (non-hydrogen) atoms. The van der Waals surface area contributed by atoms with Crippen molar-refractivity contribution >= 4 is 11.9 Å². The van der Waals surface area contributed by atoms with Crippen LogP contribution in [-0.2, 0) is 6.42 Å². The summed E-state index contributed by atoms with van der Waals surface area (Å²) in [4.78, 5) is 6.46. The third-order valence-corrected chi connectivity index (χ3v) is 3.07. The molecule has 3 heteroatoms. The van der Waals surface area contributed by atoms with Crippen molar-refractivity contribution in [2.45, 2.75) is 26.3 Å². The van der Waals surface area contributed by atoms with Gasteiger partial charge in [-0.25, -0.2) is 0 Å². The third-order valence-electron chi connectivity index (χ3n) is 3.07. The highest BCUT2D eigenvalue weighted by Gasteiger charge is 2.03. The summed E-state index contributed by atoms with van der Waals surface area (Å²) in [6.45, 7) is 4.97. The number of aliphatic imine (C=N–C) groups is 1. The van der Waals surface area contributed by atoms with Gasteiger partial charge in [-0.2, -0.15) is 0 Å². The van der Waals surface area contributed by atoms with Gasteiger partial charge >= 0.3 is 0 Å². The fourth-order valence-corrected chi connectivity index (χ4v) is 1.85. The lowest BCUT2D eigenvalue weighted by Crippen LogP contribution is -2.27. The van der Waals surface area contributed by atoms with E-state index in [0.29, 0.717) is 0 Å². The number of hydrogen-bond acceptors (Lipinski definition) is 3. The van der Waals surface area contributed by atoms with Crippen LogP contribution < -0.4 is 5.73 Å². The maximum Gasteiger partial charge on any atom is 0.0626 e. The maximum atomic E-state index is 5.76. The second-order valence-corrected chi connectivity index (χ2v) is 4.92. The summed E-state index contributed by atoms with van der Waals surface area (Å²) in [5.74, 6) is 0. The van der Waals surface area contributed by atoms with Crippen LogP contribution in [0.25, 0.3) is 0 Å². The molecule has 0 heterocycles. The molecule has 1 aromatic carbocycles. The van der Waals surface area contributed by atoms with Crippen molar-refractivity contribution in [3.63, 3.8) is 0 Å². The second kappa shape index (κ2) is 7.74. The molecule has 1 atom stereocenters. The number of hydrogen-bond donors (Lipinski definition) is 1. The topological polar surface area (TPSA) is 41.6 Å². The van der Waals surface area contributed by atoms with E-state index in [2.05, 4.69) is 49.1 Å². The van der Waals surface area contributed by atoms with Crippen molar-refractivity contribution in [1.82, 2.24) is 4.90 Å². The number of anilines is 1. The minimum Gasteiger partial charge on any atom is -0.399 e. The molecule has 1 aromatic rings. The monoisotopic (exact) mass is 259 g/mol. The van der Waals surface area contributed by atoms with Crippen LogP contribution in [0, 0.1) is 6.92 Å². The van der Waals surface area contributed by atoms with Crippen LogP contribution in [-0.4, -0.2) is 37.8 Å². The molecule has 0 aliphatic rings. The normalized spacial score (nSPS) is 13.7. The molecular formula is C16H25N3. The molecule has 1 unspecified atom stereocenters. The van der Waals surface area contributed by atoms with E-state index >= 15 is 0 Å². The minimum absolute atomic E-state index is 0.258. The Morgan fingerprint density at radius 1 is 1.37 bits per heavy atom. The van der Waals surface area contributed by atoms with E-state index in [-0.39, 0.29) is 6.04 Å². The van der Waals surface area contributed by atoms with E-state index in [9.17, 15) is 0 Å². The van der Waals surface area contributed by atoms with Gasteiger partial charge in [-0.15, -0.1) is 0 Å². The van der Waals surface area contributed by atoms with E-state index in [0.717, 1.165) is 18.7 Å². The van der Waals surface area contributed by atoms with Gasteiger partial charge in [0.05, 0.1) is 6.04 Å². The molecule has 0 spiro atoms. The van der Waals surface area contributed by atoms with Gasteiger partial charge in [0.15, 0.2) is 0 Å². The molecule has 0 amide bonds.